The van der Waals surface area contributed by atoms with Crippen molar-refractivity contribution in [2.45, 2.75) is 0 Å². The van der Waals surface area contributed by atoms with Gasteiger partial charge in [0, 0.05) is 15.5 Å². The van der Waals surface area contributed by atoms with Crippen LogP contribution >= 0.6 is 11.3 Å². The molecule has 14 heavy (non-hydrogen) atoms. The molecule has 0 spiro atoms. The molecule has 0 amide bonds. The Kier molecular flexibility index (Phi) is 1.85. The highest BCUT2D eigenvalue weighted by atomic mass is 32.1. The lowest BCUT2D eigenvalue weighted by Gasteiger charge is -1.95. The van der Waals surface area contributed by atoms with E-state index in [0.29, 0.717) is 16.8 Å². The molecular weight excluding hydrogens is 194 g/mol. The second-order valence-electron chi connectivity index (χ2n) is 2.81. The number of nitrogen functional groups attached to an aromatic ring is 1. The maximum atomic E-state index is 8.80. The lowest BCUT2D eigenvalue weighted by molar-refractivity contribution is 1.45. The van der Waals surface area contributed by atoms with E-state index in [1.165, 1.54) is 11.3 Å². The number of hydrogen-bond donors (Lipinski definition) is 1. The molecule has 1 heterocycles. The highest BCUT2D eigenvalue weighted by Gasteiger charge is 2.07. The van der Waals surface area contributed by atoms with Gasteiger partial charge in [-0.1, -0.05) is 0 Å². The summed E-state index contributed by atoms with van der Waals surface area (Å²) in [6, 6.07) is 7.34. The predicted molar refractivity (Wildman–Crippen MR) is 55.7 cm³/mol. The van der Waals surface area contributed by atoms with E-state index < -0.39 is 0 Å². The Labute approximate surface area is 84.6 Å². The minimum absolute atomic E-state index is 0.380. The molecule has 1 aromatic carbocycles. The van der Waals surface area contributed by atoms with Crippen LogP contribution in [0.25, 0.3) is 10.1 Å². The third kappa shape index (κ3) is 1.10. The molecule has 2 N–H and O–H groups in total. The van der Waals surface area contributed by atoms with Crippen molar-refractivity contribution in [1.82, 2.24) is 0 Å². The molecule has 0 radical (unpaired) electrons. The minimum Gasteiger partial charge on any atom is -0.398 e. The first-order chi connectivity index (χ1) is 6.76. The van der Waals surface area contributed by atoms with E-state index in [-0.39, 0.29) is 0 Å². The summed E-state index contributed by atoms with van der Waals surface area (Å²) >= 11 is 1.48. The number of nitriles is 2. The molecule has 0 aliphatic rings. The molecule has 0 atom stereocenters. The molecule has 0 aliphatic carbocycles. The monoisotopic (exact) mass is 199 g/mol. The lowest BCUT2D eigenvalue weighted by Crippen LogP contribution is -1.85. The van der Waals surface area contributed by atoms with Gasteiger partial charge >= 0.3 is 0 Å². The minimum atomic E-state index is 0.380. The predicted octanol–water partition coefficient (Wildman–Crippen LogP) is 2.23. The molecule has 0 bridgehead atoms. The van der Waals surface area contributed by atoms with Crippen molar-refractivity contribution >= 4 is 27.1 Å². The molecule has 0 unspecified atom stereocenters. The van der Waals surface area contributed by atoms with Crippen LogP contribution in [-0.4, -0.2) is 0 Å². The first-order valence-corrected chi connectivity index (χ1v) is 4.75. The molecule has 0 saturated carbocycles. The Balaban J connectivity index is 2.88. The molecule has 0 fully saturated rings. The summed E-state index contributed by atoms with van der Waals surface area (Å²) < 4.78 is 0.943. The molecule has 2 aromatic rings. The van der Waals surface area contributed by atoms with Crippen molar-refractivity contribution in [3.63, 3.8) is 0 Å². The summed E-state index contributed by atoms with van der Waals surface area (Å²) in [5.41, 5.74) is 7.15. The Bertz CT molecular complexity index is 584. The Hall–Kier alpha value is -2.04. The van der Waals surface area contributed by atoms with Crippen molar-refractivity contribution in [3.05, 3.63) is 28.6 Å². The van der Waals surface area contributed by atoms with Crippen molar-refractivity contribution in [2.75, 3.05) is 5.73 Å². The number of thiophene rings is 1. The van der Waals surface area contributed by atoms with Gasteiger partial charge in [0.05, 0.1) is 16.8 Å². The van der Waals surface area contributed by atoms with Crippen molar-refractivity contribution in [3.8, 4) is 12.1 Å². The van der Waals surface area contributed by atoms with Gasteiger partial charge in [0.2, 0.25) is 0 Å². The zero-order chi connectivity index (χ0) is 10.1. The number of anilines is 1. The van der Waals surface area contributed by atoms with Crippen LogP contribution in [0.3, 0.4) is 0 Å². The van der Waals surface area contributed by atoms with Gasteiger partial charge in [0.25, 0.3) is 0 Å². The summed E-state index contributed by atoms with van der Waals surface area (Å²) in [5.74, 6) is 0. The fourth-order valence-corrected chi connectivity index (χ4v) is 2.15. The van der Waals surface area contributed by atoms with E-state index in [9.17, 15) is 0 Å². The summed E-state index contributed by atoms with van der Waals surface area (Å²) in [4.78, 5) is 0. The van der Waals surface area contributed by atoms with Crippen molar-refractivity contribution < 1.29 is 0 Å². The highest BCUT2D eigenvalue weighted by Crippen LogP contribution is 2.30. The number of fused-ring (bicyclic) bond motifs is 1. The number of nitrogens with zero attached hydrogens (tertiary/aromatic N) is 2. The average molecular weight is 199 g/mol. The molecule has 0 aliphatic heterocycles. The fraction of sp³-hybridized carbons (Fsp3) is 0. The highest BCUT2D eigenvalue weighted by molar-refractivity contribution is 7.17. The molecule has 66 valence electrons. The third-order valence-corrected chi connectivity index (χ3v) is 2.95. The number of hydrogen-bond acceptors (Lipinski definition) is 4. The first kappa shape index (κ1) is 8.55. The van der Waals surface area contributed by atoms with Crippen LogP contribution in [0.5, 0.6) is 0 Å². The summed E-state index contributed by atoms with van der Waals surface area (Å²) in [6.45, 7) is 0. The zero-order valence-corrected chi connectivity index (χ0v) is 7.93. The Morgan fingerprint density at radius 1 is 1.14 bits per heavy atom. The topological polar surface area (TPSA) is 73.6 Å². The van der Waals surface area contributed by atoms with E-state index in [4.69, 9.17) is 16.3 Å². The molecule has 3 nitrogen and oxygen atoms in total. The molecule has 0 saturated heterocycles. The summed E-state index contributed by atoms with van der Waals surface area (Å²) in [7, 11) is 0. The van der Waals surface area contributed by atoms with Crippen LogP contribution in [0.2, 0.25) is 0 Å². The molecular formula is C10H5N3S. The van der Waals surface area contributed by atoms with Crippen LogP contribution in [0.1, 0.15) is 11.1 Å². The first-order valence-electron chi connectivity index (χ1n) is 3.87. The Morgan fingerprint density at radius 2 is 1.79 bits per heavy atom. The third-order valence-electron chi connectivity index (χ3n) is 1.98. The van der Waals surface area contributed by atoms with Gasteiger partial charge in [0.1, 0.15) is 12.1 Å². The number of rotatable bonds is 0. The van der Waals surface area contributed by atoms with Gasteiger partial charge in [-0.05, 0) is 12.1 Å². The van der Waals surface area contributed by atoms with E-state index in [1.807, 2.05) is 17.5 Å². The smallest absolute Gasteiger partial charge is 0.101 e. The van der Waals surface area contributed by atoms with Crippen LogP contribution in [-0.2, 0) is 0 Å². The normalized spacial score (nSPS) is 9.57. The van der Waals surface area contributed by atoms with Crippen molar-refractivity contribution in [1.29, 1.82) is 10.5 Å². The molecule has 2 rings (SSSR count). The van der Waals surface area contributed by atoms with E-state index >= 15 is 0 Å². The largest absolute Gasteiger partial charge is 0.398 e. The van der Waals surface area contributed by atoms with Crippen LogP contribution in [0.4, 0.5) is 5.69 Å². The molecule has 1 aromatic heterocycles. The van der Waals surface area contributed by atoms with Gasteiger partial charge < -0.3 is 5.73 Å². The molecule has 4 heteroatoms. The van der Waals surface area contributed by atoms with E-state index in [1.54, 1.807) is 12.1 Å². The van der Waals surface area contributed by atoms with Crippen LogP contribution in [0, 0.1) is 22.7 Å². The van der Waals surface area contributed by atoms with Gasteiger partial charge in [-0.25, -0.2) is 0 Å². The van der Waals surface area contributed by atoms with Crippen molar-refractivity contribution in [2.24, 2.45) is 0 Å². The number of nitrogens with two attached hydrogens (primary N) is 1. The Morgan fingerprint density at radius 3 is 2.43 bits per heavy atom. The van der Waals surface area contributed by atoms with Gasteiger partial charge in [-0.3, -0.25) is 0 Å². The standard InChI is InChI=1S/C10H5N3S/c11-3-6-1-8-9(13)5-14-10(8)2-7(6)4-12/h1-2,5H,13H2. The van der Waals surface area contributed by atoms with Gasteiger partial charge in [-0.2, -0.15) is 10.5 Å². The van der Waals surface area contributed by atoms with E-state index in [0.717, 1.165) is 10.1 Å². The fourth-order valence-electron chi connectivity index (χ4n) is 1.28. The van der Waals surface area contributed by atoms with Crippen LogP contribution in [0.15, 0.2) is 17.5 Å². The van der Waals surface area contributed by atoms with Crippen LogP contribution < -0.4 is 5.73 Å². The van der Waals surface area contributed by atoms with E-state index in [2.05, 4.69) is 0 Å². The summed E-state index contributed by atoms with van der Waals surface area (Å²) in [5, 5.41) is 20.3. The maximum absolute atomic E-state index is 8.80. The average Bonchev–Trinajstić information content (AvgIpc) is 2.58. The second kappa shape index (κ2) is 3.02. The quantitative estimate of drug-likeness (QED) is 0.707. The zero-order valence-electron chi connectivity index (χ0n) is 7.11. The van der Waals surface area contributed by atoms with Gasteiger partial charge in [0.15, 0.2) is 0 Å². The maximum Gasteiger partial charge on any atom is 0.101 e. The number of benzene rings is 1. The second-order valence-corrected chi connectivity index (χ2v) is 3.72. The summed E-state index contributed by atoms with van der Waals surface area (Å²) in [6.07, 6.45) is 0. The lowest BCUT2D eigenvalue weighted by atomic mass is 10.1. The SMILES string of the molecule is N#Cc1cc2scc(N)c2cc1C#N. The van der Waals surface area contributed by atoms with Gasteiger partial charge in [-0.15, -0.1) is 11.3 Å².